The number of nitrogens with zero attached hydrogens (tertiary/aromatic N) is 1. The summed E-state index contributed by atoms with van der Waals surface area (Å²) in [5, 5.41) is 8.96. The molecule has 0 spiro atoms. The summed E-state index contributed by atoms with van der Waals surface area (Å²) in [4.78, 5) is 23.6. The highest BCUT2D eigenvalue weighted by molar-refractivity contribution is 6.01. The van der Waals surface area contributed by atoms with Crippen molar-refractivity contribution in [3.05, 3.63) is 29.3 Å². The van der Waals surface area contributed by atoms with Gasteiger partial charge in [-0.2, -0.15) is 0 Å². The number of aliphatic carboxylic acids is 1. The van der Waals surface area contributed by atoms with Crippen LogP contribution >= 0.6 is 0 Å². The van der Waals surface area contributed by atoms with E-state index >= 15 is 0 Å². The molecule has 2 rings (SSSR count). The quantitative estimate of drug-likeness (QED) is 0.810. The third kappa shape index (κ3) is 1.75. The molecule has 17 heavy (non-hydrogen) atoms. The standard InChI is InChI=1S/C11H9F2NO3/c1-14-9-4-8(13)7(12)2-5(9)6(11(16)17)3-10(14)15/h2,4,6H,3H2,1H3,(H,16,17)/t6-/m1/s1. The highest BCUT2D eigenvalue weighted by Crippen LogP contribution is 2.36. The van der Waals surface area contributed by atoms with E-state index in [0.717, 1.165) is 17.0 Å². The van der Waals surface area contributed by atoms with Gasteiger partial charge in [-0.25, -0.2) is 8.78 Å². The maximum Gasteiger partial charge on any atom is 0.311 e. The second-order valence-corrected chi connectivity index (χ2v) is 3.87. The van der Waals surface area contributed by atoms with Crippen LogP contribution in [-0.4, -0.2) is 24.0 Å². The molecule has 1 heterocycles. The summed E-state index contributed by atoms with van der Waals surface area (Å²) in [6, 6.07) is 1.68. The molecule has 0 aromatic heterocycles. The van der Waals surface area contributed by atoms with E-state index in [2.05, 4.69) is 0 Å². The van der Waals surface area contributed by atoms with E-state index in [0.29, 0.717) is 0 Å². The van der Waals surface area contributed by atoms with Crippen LogP contribution in [0.15, 0.2) is 12.1 Å². The van der Waals surface area contributed by atoms with E-state index in [1.807, 2.05) is 0 Å². The lowest BCUT2D eigenvalue weighted by molar-refractivity contribution is -0.140. The molecule has 6 heteroatoms. The van der Waals surface area contributed by atoms with Crippen LogP contribution in [0.2, 0.25) is 0 Å². The maximum atomic E-state index is 13.1. The van der Waals surface area contributed by atoms with E-state index in [1.165, 1.54) is 7.05 Å². The minimum Gasteiger partial charge on any atom is -0.481 e. The van der Waals surface area contributed by atoms with Crippen LogP contribution in [0.25, 0.3) is 0 Å². The van der Waals surface area contributed by atoms with Crippen LogP contribution in [0.4, 0.5) is 14.5 Å². The average molecular weight is 241 g/mol. The number of hydrogen-bond donors (Lipinski definition) is 1. The summed E-state index contributed by atoms with van der Waals surface area (Å²) in [6.07, 6.45) is -0.246. The fraction of sp³-hybridized carbons (Fsp3) is 0.273. The Kier molecular flexibility index (Phi) is 2.57. The molecule has 0 radical (unpaired) electrons. The van der Waals surface area contributed by atoms with Crippen molar-refractivity contribution < 1.29 is 23.5 Å². The van der Waals surface area contributed by atoms with Crippen molar-refractivity contribution in [2.24, 2.45) is 0 Å². The Morgan fingerprint density at radius 3 is 2.59 bits per heavy atom. The minimum absolute atomic E-state index is 0.104. The molecule has 1 N–H and O–H groups in total. The molecule has 0 fully saturated rings. The van der Waals surface area contributed by atoms with E-state index in [-0.39, 0.29) is 17.7 Å². The smallest absolute Gasteiger partial charge is 0.311 e. The van der Waals surface area contributed by atoms with Crippen LogP contribution in [0, 0.1) is 11.6 Å². The first-order valence-corrected chi connectivity index (χ1v) is 4.90. The Morgan fingerprint density at radius 2 is 2.00 bits per heavy atom. The fourth-order valence-corrected chi connectivity index (χ4v) is 1.90. The molecule has 90 valence electrons. The number of carboxylic acid groups (broad SMARTS) is 1. The summed E-state index contributed by atoms with van der Waals surface area (Å²) in [5.74, 6) is -4.99. The van der Waals surface area contributed by atoms with E-state index in [4.69, 9.17) is 5.11 Å². The number of carbonyl (C=O) groups excluding carboxylic acids is 1. The maximum absolute atomic E-state index is 13.1. The van der Waals surface area contributed by atoms with Gasteiger partial charge in [0.1, 0.15) is 0 Å². The summed E-state index contributed by atoms with van der Waals surface area (Å²) in [7, 11) is 1.40. The summed E-state index contributed by atoms with van der Waals surface area (Å²) in [6.45, 7) is 0. The Hall–Kier alpha value is -1.98. The van der Waals surface area contributed by atoms with Crippen LogP contribution in [0.1, 0.15) is 17.9 Å². The molecular formula is C11H9F2NO3. The lowest BCUT2D eigenvalue weighted by Crippen LogP contribution is -2.35. The Morgan fingerprint density at radius 1 is 1.41 bits per heavy atom. The van der Waals surface area contributed by atoms with E-state index in [9.17, 15) is 18.4 Å². The molecule has 1 aromatic rings. The number of carbonyl (C=O) groups is 2. The first-order valence-electron chi connectivity index (χ1n) is 4.90. The predicted octanol–water partition coefficient (Wildman–Crippen LogP) is 1.50. The number of fused-ring (bicyclic) bond motifs is 1. The topological polar surface area (TPSA) is 57.6 Å². The molecule has 0 aliphatic carbocycles. The van der Waals surface area contributed by atoms with Gasteiger partial charge in [-0.3, -0.25) is 9.59 Å². The largest absolute Gasteiger partial charge is 0.481 e. The first-order chi connectivity index (χ1) is 7.91. The van der Waals surface area contributed by atoms with Gasteiger partial charge in [0.15, 0.2) is 11.6 Å². The second-order valence-electron chi connectivity index (χ2n) is 3.87. The van der Waals surface area contributed by atoms with Crippen LogP contribution in [-0.2, 0) is 9.59 Å². The molecule has 1 aliphatic heterocycles. The highest BCUT2D eigenvalue weighted by atomic mass is 19.2. The molecule has 0 unspecified atom stereocenters. The van der Waals surface area contributed by atoms with Crippen LogP contribution in [0.5, 0.6) is 0 Å². The van der Waals surface area contributed by atoms with E-state index < -0.39 is 29.4 Å². The van der Waals surface area contributed by atoms with Crippen LogP contribution < -0.4 is 4.90 Å². The molecule has 1 aliphatic rings. The summed E-state index contributed by atoms with van der Waals surface area (Å²) >= 11 is 0. The molecule has 4 nitrogen and oxygen atoms in total. The second kappa shape index (κ2) is 3.80. The molecule has 0 saturated heterocycles. The van der Waals surface area contributed by atoms with E-state index in [1.54, 1.807) is 0 Å². The number of carboxylic acids is 1. The van der Waals surface area contributed by atoms with Crippen molar-refractivity contribution in [2.75, 3.05) is 11.9 Å². The number of amides is 1. The van der Waals surface area contributed by atoms with Crippen molar-refractivity contribution in [3.8, 4) is 0 Å². The van der Waals surface area contributed by atoms with Gasteiger partial charge in [-0.15, -0.1) is 0 Å². The number of rotatable bonds is 1. The van der Waals surface area contributed by atoms with Gasteiger partial charge < -0.3 is 10.0 Å². The van der Waals surface area contributed by atoms with Crippen molar-refractivity contribution in [1.29, 1.82) is 0 Å². The summed E-state index contributed by atoms with van der Waals surface area (Å²) in [5.41, 5.74) is 0.228. The Labute approximate surface area is 95.5 Å². The average Bonchev–Trinajstić information content (AvgIpc) is 2.26. The van der Waals surface area contributed by atoms with Gasteiger partial charge in [-0.1, -0.05) is 0 Å². The van der Waals surface area contributed by atoms with Gasteiger partial charge >= 0.3 is 5.97 Å². The zero-order valence-electron chi connectivity index (χ0n) is 8.91. The molecule has 1 atom stereocenters. The number of halogens is 2. The Balaban J connectivity index is 2.64. The molecule has 1 amide bonds. The number of hydrogen-bond acceptors (Lipinski definition) is 2. The molecule has 0 bridgehead atoms. The predicted molar refractivity (Wildman–Crippen MR) is 54.8 cm³/mol. The van der Waals surface area contributed by atoms with Crippen molar-refractivity contribution >= 4 is 17.6 Å². The molecule has 0 saturated carbocycles. The number of anilines is 1. The van der Waals surface area contributed by atoms with Crippen molar-refractivity contribution in [3.63, 3.8) is 0 Å². The first kappa shape index (κ1) is 11.5. The minimum atomic E-state index is -1.22. The van der Waals surface area contributed by atoms with Crippen molar-refractivity contribution in [1.82, 2.24) is 0 Å². The van der Waals surface area contributed by atoms with Gasteiger partial charge in [0.05, 0.1) is 11.6 Å². The van der Waals surface area contributed by atoms with Gasteiger partial charge in [0, 0.05) is 19.5 Å². The zero-order valence-corrected chi connectivity index (χ0v) is 8.91. The third-order valence-corrected chi connectivity index (χ3v) is 2.86. The fourth-order valence-electron chi connectivity index (χ4n) is 1.90. The molecule has 1 aromatic carbocycles. The monoisotopic (exact) mass is 241 g/mol. The van der Waals surface area contributed by atoms with Gasteiger partial charge in [0.2, 0.25) is 5.91 Å². The SMILES string of the molecule is CN1C(=O)C[C@@H](C(=O)O)c2cc(F)c(F)cc21. The van der Waals surface area contributed by atoms with Gasteiger partial charge in [-0.05, 0) is 11.6 Å². The number of benzene rings is 1. The Bertz CT molecular complexity index is 516. The third-order valence-electron chi connectivity index (χ3n) is 2.86. The summed E-state index contributed by atoms with van der Waals surface area (Å²) < 4.78 is 26.2. The zero-order chi connectivity index (χ0) is 12.7. The normalized spacial score (nSPS) is 19.1. The van der Waals surface area contributed by atoms with Crippen molar-refractivity contribution in [2.45, 2.75) is 12.3 Å². The molecular weight excluding hydrogens is 232 g/mol. The lowest BCUT2D eigenvalue weighted by Gasteiger charge is -2.29. The highest BCUT2D eigenvalue weighted by Gasteiger charge is 2.34. The lowest BCUT2D eigenvalue weighted by atomic mass is 9.89. The van der Waals surface area contributed by atoms with Crippen LogP contribution in [0.3, 0.4) is 0 Å². The van der Waals surface area contributed by atoms with Gasteiger partial charge in [0.25, 0.3) is 0 Å².